The van der Waals surface area contributed by atoms with Crippen LogP contribution in [0.15, 0.2) is 0 Å². The average molecular weight is 844 g/mol. The monoisotopic (exact) mass is 844 g/mol. The third-order valence-corrected chi connectivity index (χ3v) is 4.80. The van der Waals surface area contributed by atoms with E-state index < -0.39 is 42.4 Å². The number of carbonyl (C=O) groups excluding carboxylic acids is 5. The van der Waals surface area contributed by atoms with E-state index in [1.54, 1.807) is 6.92 Å². The minimum absolute atomic E-state index is 0.211. The van der Waals surface area contributed by atoms with Crippen LogP contribution >= 0.6 is 0 Å². The van der Waals surface area contributed by atoms with Crippen LogP contribution in [0, 0.1) is 0 Å². The topological polar surface area (TPSA) is 322 Å². The maximum Gasteiger partial charge on any atom is 0.101 e. The number of nitrogens with zero attached hydrogens (tertiary/aromatic N) is 5. The lowest BCUT2D eigenvalue weighted by molar-refractivity contribution is -0.870. The molecular formula is C36H85N5O16. The highest BCUT2D eigenvalue weighted by Crippen LogP contribution is 1.87. The van der Waals surface area contributed by atoms with Gasteiger partial charge in [0.15, 0.2) is 0 Å². The molecule has 0 aromatic heterocycles. The van der Waals surface area contributed by atoms with Crippen molar-refractivity contribution in [1.82, 2.24) is 0 Å². The Bertz CT molecular complexity index is 813. The number of aliphatic hydroxyl groups excluding tert-OH is 6. The number of carbonyl (C=O) groups is 5. The summed E-state index contributed by atoms with van der Waals surface area (Å²) < 4.78 is 4.22. The molecule has 0 radical (unpaired) electrons. The Labute approximate surface area is 343 Å². The first-order valence-electron chi connectivity index (χ1n) is 17.8. The number of likely N-dealkylation sites (N-methyl/N-ethyl adjacent to an activating group) is 5. The van der Waals surface area contributed by atoms with Gasteiger partial charge in [-0.1, -0.05) is 6.92 Å². The van der Waals surface area contributed by atoms with E-state index in [2.05, 4.69) is 106 Å². The molecule has 0 saturated carbocycles. The molecule has 0 aliphatic carbocycles. The minimum Gasteiger partial charge on any atom is -0.550 e. The van der Waals surface area contributed by atoms with Gasteiger partial charge in [-0.05, 0) is 20.3 Å². The third-order valence-electron chi connectivity index (χ3n) is 4.80. The Balaban J connectivity index is -0.0000000654. The van der Waals surface area contributed by atoms with E-state index in [-0.39, 0.29) is 39.5 Å². The Morgan fingerprint density at radius 2 is 0.561 bits per heavy atom. The van der Waals surface area contributed by atoms with E-state index >= 15 is 0 Å². The lowest BCUT2D eigenvalue weighted by Gasteiger charge is -2.21. The Morgan fingerprint density at radius 3 is 0.561 bits per heavy atom. The van der Waals surface area contributed by atoms with E-state index in [0.29, 0.717) is 0 Å². The smallest absolute Gasteiger partial charge is 0.101 e. The summed E-state index contributed by atoms with van der Waals surface area (Å²) in [6.07, 6.45) is -2.11. The van der Waals surface area contributed by atoms with Gasteiger partial charge in [0, 0.05) is 30.3 Å². The lowest BCUT2D eigenvalue weighted by Crippen LogP contribution is -2.36. The summed E-state index contributed by atoms with van der Waals surface area (Å²) in [5.74, 6) is -6.82. The second-order valence-electron chi connectivity index (χ2n) is 16.8. The number of carboxylic acid groups (broad SMARTS) is 5. The highest BCUT2D eigenvalue weighted by Gasteiger charge is 2.04. The van der Waals surface area contributed by atoms with E-state index in [1.807, 2.05) is 0 Å². The van der Waals surface area contributed by atoms with Crippen LogP contribution in [0.2, 0.25) is 0 Å². The van der Waals surface area contributed by atoms with Crippen molar-refractivity contribution in [3.63, 3.8) is 0 Å². The molecule has 21 heteroatoms. The van der Waals surface area contributed by atoms with E-state index in [0.717, 1.165) is 69.0 Å². The van der Waals surface area contributed by atoms with Crippen LogP contribution in [-0.2, 0) is 24.0 Å². The van der Waals surface area contributed by atoms with Crippen LogP contribution in [0.4, 0.5) is 0 Å². The molecule has 0 aromatic carbocycles. The molecule has 0 aliphatic heterocycles. The zero-order chi connectivity index (χ0) is 48.4. The Hall–Kier alpha value is -3.09. The summed E-state index contributed by atoms with van der Waals surface area (Å²) >= 11 is 0. The summed E-state index contributed by atoms with van der Waals surface area (Å²) in [6.45, 7) is 9.09. The molecular weight excluding hydrogens is 758 g/mol. The minimum atomic E-state index is -1.63. The first-order valence-corrected chi connectivity index (χ1v) is 17.8. The number of quaternary nitrogens is 5. The van der Waals surface area contributed by atoms with Gasteiger partial charge in [0.25, 0.3) is 0 Å². The van der Waals surface area contributed by atoms with Gasteiger partial charge in [0.05, 0.1) is 151 Å². The van der Waals surface area contributed by atoms with Gasteiger partial charge < -0.3 is 103 Å². The second-order valence-corrected chi connectivity index (χ2v) is 16.8. The highest BCUT2D eigenvalue weighted by atomic mass is 16.4. The van der Waals surface area contributed by atoms with Crippen LogP contribution < -0.4 is 25.5 Å². The van der Waals surface area contributed by atoms with Crippen molar-refractivity contribution >= 4 is 29.8 Å². The van der Waals surface area contributed by atoms with Crippen molar-refractivity contribution in [2.75, 3.05) is 171 Å². The number of aliphatic carboxylic acids is 5. The summed E-state index contributed by atoms with van der Waals surface area (Å²) in [5.41, 5.74) is 0. The Kier molecular flexibility index (Phi) is 57.8. The van der Waals surface area contributed by atoms with Gasteiger partial charge in [-0.2, -0.15) is 0 Å². The van der Waals surface area contributed by atoms with Crippen molar-refractivity contribution < 1.29 is 103 Å². The molecule has 1 atom stereocenters. The molecule has 0 spiro atoms. The van der Waals surface area contributed by atoms with Gasteiger partial charge in [-0.3, -0.25) is 0 Å². The molecule has 0 heterocycles. The average Bonchev–Trinajstić information content (AvgIpc) is 2.90. The molecule has 57 heavy (non-hydrogen) atoms. The first kappa shape index (κ1) is 74.8. The maximum absolute atomic E-state index is 9.57. The van der Waals surface area contributed by atoms with Crippen molar-refractivity contribution in [2.24, 2.45) is 0 Å². The van der Waals surface area contributed by atoms with Gasteiger partial charge in [-0.25, -0.2) is 0 Å². The quantitative estimate of drug-likeness (QED) is 0.0699. The van der Waals surface area contributed by atoms with Gasteiger partial charge in [0.1, 0.15) is 32.7 Å². The van der Waals surface area contributed by atoms with Gasteiger partial charge >= 0.3 is 0 Å². The molecule has 0 amide bonds. The predicted molar refractivity (Wildman–Crippen MR) is 207 cm³/mol. The fourth-order valence-corrected chi connectivity index (χ4v) is 1.78. The molecule has 0 bridgehead atoms. The summed E-state index contributed by atoms with van der Waals surface area (Å²) in [4.78, 5) is 45.9. The van der Waals surface area contributed by atoms with Crippen LogP contribution in [0.5, 0.6) is 0 Å². The third kappa shape index (κ3) is 189. The number of aliphatic hydroxyl groups is 6. The first-order chi connectivity index (χ1) is 25.1. The normalized spacial score (nSPS) is 10.9. The maximum atomic E-state index is 9.57. The van der Waals surface area contributed by atoms with Crippen molar-refractivity contribution in [2.45, 2.75) is 39.7 Å². The van der Waals surface area contributed by atoms with E-state index in [4.69, 9.17) is 50.4 Å². The van der Waals surface area contributed by atoms with E-state index in [1.165, 1.54) is 0 Å². The fraction of sp³-hybridized carbons (Fsp3) is 0.861. The van der Waals surface area contributed by atoms with Crippen molar-refractivity contribution in [1.29, 1.82) is 0 Å². The molecule has 0 saturated heterocycles. The predicted octanol–water partition coefficient (Wildman–Crippen LogP) is -8.68. The fourth-order valence-electron chi connectivity index (χ4n) is 1.78. The molecule has 350 valence electrons. The number of hydrogen-bond donors (Lipinski definition) is 6. The SMILES string of the molecule is CC(=O)[O-].CC(=O)[O-].CCC(O)C(=O)[O-].C[N+](C)(C)CCO.C[N+](C)(C)CCO.C[N+](C)(C)CCO.C[N+](C)(C)CCO.C[N+](C)(C)CCO.O=C([O-])CC(=O)[O-]. The Morgan fingerprint density at radius 1 is 0.421 bits per heavy atom. The van der Waals surface area contributed by atoms with Crippen LogP contribution in [0.25, 0.3) is 0 Å². The molecule has 0 aliphatic rings. The summed E-state index contributed by atoms with van der Waals surface area (Å²) in [6, 6.07) is 0. The molecule has 1 unspecified atom stereocenters. The second kappa shape index (κ2) is 44.0. The van der Waals surface area contributed by atoms with Crippen molar-refractivity contribution in [3.05, 3.63) is 0 Å². The molecule has 0 rings (SSSR count). The number of rotatable bonds is 14. The molecule has 0 aromatic rings. The van der Waals surface area contributed by atoms with Crippen LogP contribution in [0.3, 0.4) is 0 Å². The number of hydrogen-bond acceptors (Lipinski definition) is 16. The van der Waals surface area contributed by atoms with Gasteiger partial charge in [-0.15, -0.1) is 0 Å². The standard InChI is InChI=1S/5C5H14NO.C4H8O3.C3H4O4.2C2H4O2/c5*1-6(2,3)4-5-7;1-2-3(5)4(6)7;4-2(5)1-3(6)7;2*1-2(3)4/h5*7H,4-5H2,1-3H3;3,5H,2H2,1H3,(H,6,7);1H2,(H,4,5)(H,6,7);2*1H3,(H,3,4)/q5*+1;;;;/p-5. The highest BCUT2D eigenvalue weighted by molar-refractivity contribution is 5.86. The van der Waals surface area contributed by atoms with Crippen LogP contribution in [-0.4, -0.2) is 260 Å². The zero-order valence-electron chi connectivity index (χ0n) is 38.6. The van der Waals surface area contributed by atoms with E-state index in [9.17, 15) is 29.7 Å². The number of carboxylic acids is 5. The van der Waals surface area contributed by atoms with Crippen molar-refractivity contribution in [3.8, 4) is 0 Å². The van der Waals surface area contributed by atoms with Crippen LogP contribution in [0.1, 0.15) is 33.6 Å². The summed E-state index contributed by atoms with van der Waals surface area (Å²) in [5, 5.41) is 96.1. The zero-order valence-corrected chi connectivity index (χ0v) is 38.6. The molecule has 6 N–H and O–H groups in total. The molecule has 21 nitrogen and oxygen atoms in total. The molecule has 0 fully saturated rings. The lowest BCUT2D eigenvalue weighted by atomic mass is 10.3. The largest absolute Gasteiger partial charge is 0.550 e. The summed E-state index contributed by atoms with van der Waals surface area (Å²) in [7, 11) is 30.8. The van der Waals surface area contributed by atoms with Gasteiger partial charge in [0.2, 0.25) is 0 Å².